The Labute approximate surface area is 157 Å². The van der Waals surface area contributed by atoms with Gasteiger partial charge in [-0.05, 0) is 36.8 Å². The summed E-state index contributed by atoms with van der Waals surface area (Å²) in [6.45, 7) is 2.26. The minimum absolute atomic E-state index is 0.165. The lowest BCUT2D eigenvalue weighted by molar-refractivity contribution is -0.116. The molecule has 0 spiro atoms. The number of methoxy groups -OCH3 is 2. The quantitative estimate of drug-likeness (QED) is 0.717. The Morgan fingerprint density at radius 2 is 1.92 bits per heavy atom. The van der Waals surface area contributed by atoms with Gasteiger partial charge in [0, 0.05) is 29.7 Å². The lowest BCUT2D eigenvalue weighted by Gasteiger charge is -2.13. The van der Waals surface area contributed by atoms with E-state index < -0.39 is 5.97 Å². The Morgan fingerprint density at radius 3 is 2.62 bits per heavy atom. The molecule has 2 rings (SSSR count). The number of aryl methyl sites for hydroxylation is 1. The Morgan fingerprint density at radius 1 is 1.15 bits per heavy atom. The van der Waals surface area contributed by atoms with Gasteiger partial charge in [-0.15, -0.1) is 0 Å². The fourth-order valence-corrected chi connectivity index (χ4v) is 2.49. The average molecular weight is 377 g/mol. The molecule has 2 aromatic carbocycles. The van der Waals surface area contributed by atoms with Gasteiger partial charge in [-0.1, -0.05) is 17.7 Å². The van der Waals surface area contributed by atoms with Gasteiger partial charge in [-0.2, -0.15) is 0 Å². The lowest BCUT2D eigenvalue weighted by Crippen LogP contribution is -2.17. The average Bonchev–Trinajstić information content (AvgIpc) is 2.64. The third kappa shape index (κ3) is 5.13. The van der Waals surface area contributed by atoms with E-state index in [4.69, 9.17) is 16.3 Å². The fourth-order valence-electron chi connectivity index (χ4n) is 2.34. The Bertz CT molecular complexity index is 808. The minimum Gasteiger partial charge on any atom is -0.495 e. The number of benzene rings is 2. The molecule has 2 N–H and O–H groups in total. The van der Waals surface area contributed by atoms with E-state index in [0.717, 1.165) is 11.3 Å². The van der Waals surface area contributed by atoms with Gasteiger partial charge in [0.25, 0.3) is 0 Å². The first-order chi connectivity index (χ1) is 12.4. The van der Waals surface area contributed by atoms with Crippen molar-refractivity contribution in [3.05, 3.63) is 52.5 Å². The van der Waals surface area contributed by atoms with E-state index >= 15 is 0 Å². The summed E-state index contributed by atoms with van der Waals surface area (Å²) < 4.78 is 9.93. The van der Waals surface area contributed by atoms with Crippen molar-refractivity contribution in [2.75, 3.05) is 31.4 Å². The van der Waals surface area contributed by atoms with Crippen LogP contribution in [-0.2, 0) is 9.53 Å². The standard InChI is InChI=1S/C19H21ClN2O4/c1-12-9-16(17(25-2)11-15(12)20)22-18(23)7-8-21-14-6-4-5-13(10-14)19(24)26-3/h4-6,9-11,21H,7-8H2,1-3H3,(H,22,23). The van der Waals surface area contributed by atoms with Crippen LogP contribution in [0.1, 0.15) is 22.3 Å². The molecule has 0 unspecified atom stereocenters. The van der Waals surface area contributed by atoms with Crippen molar-refractivity contribution in [3.8, 4) is 5.75 Å². The number of ether oxygens (including phenoxy) is 2. The molecule has 138 valence electrons. The van der Waals surface area contributed by atoms with E-state index in [1.807, 2.05) is 13.0 Å². The predicted octanol–water partition coefficient (Wildman–Crippen LogP) is 3.88. The van der Waals surface area contributed by atoms with Crippen LogP contribution in [0.15, 0.2) is 36.4 Å². The van der Waals surface area contributed by atoms with Gasteiger partial charge < -0.3 is 20.1 Å². The first-order valence-electron chi connectivity index (χ1n) is 8.01. The molecule has 0 bridgehead atoms. The van der Waals surface area contributed by atoms with Crippen LogP contribution in [0.5, 0.6) is 5.75 Å². The third-order valence-corrected chi connectivity index (χ3v) is 4.13. The second-order valence-electron chi connectivity index (χ2n) is 5.60. The number of halogens is 1. The smallest absolute Gasteiger partial charge is 0.337 e. The Balaban J connectivity index is 1.92. The van der Waals surface area contributed by atoms with Crippen molar-refractivity contribution in [3.63, 3.8) is 0 Å². The number of esters is 1. The summed E-state index contributed by atoms with van der Waals surface area (Å²) in [4.78, 5) is 23.7. The molecule has 0 aliphatic rings. The van der Waals surface area contributed by atoms with E-state index in [0.29, 0.717) is 28.6 Å². The molecule has 0 saturated carbocycles. The number of amides is 1. The van der Waals surface area contributed by atoms with E-state index in [2.05, 4.69) is 15.4 Å². The van der Waals surface area contributed by atoms with Crippen molar-refractivity contribution in [2.45, 2.75) is 13.3 Å². The van der Waals surface area contributed by atoms with Crippen molar-refractivity contribution in [1.29, 1.82) is 0 Å². The SMILES string of the molecule is COC(=O)c1cccc(NCCC(=O)Nc2cc(C)c(Cl)cc2OC)c1. The molecule has 0 aromatic heterocycles. The summed E-state index contributed by atoms with van der Waals surface area (Å²) in [5, 5.41) is 6.50. The molecular formula is C19H21ClN2O4. The van der Waals surface area contributed by atoms with E-state index in [1.165, 1.54) is 14.2 Å². The number of hydrogen-bond donors (Lipinski definition) is 2. The Kier molecular flexibility index (Phi) is 6.86. The molecule has 0 fully saturated rings. The zero-order valence-electron chi connectivity index (χ0n) is 14.9. The molecular weight excluding hydrogens is 356 g/mol. The molecule has 26 heavy (non-hydrogen) atoms. The van der Waals surface area contributed by atoms with Crippen molar-refractivity contribution in [2.24, 2.45) is 0 Å². The highest BCUT2D eigenvalue weighted by atomic mass is 35.5. The lowest BCUT2D eigenvalue weighted by atomic mass is 10.2. The number of rotatable bonds is 7. The molecule has 0 heterocycles. The minimum atomic E-state index is -0.406. The van der Waals surface area contributed by atoms with Gasteiger partial charge in [0.15, 0.2) is 0 Å². The summed E-state index contributed by atoms with van der Waals surface area (Å²) in [5.74, 6) is -0.0640. The van der Waals surface area contributed by atoms with Crippen LogP contribution in [0.25, 0.3) is 0 Å². The summed E-state index contributed by atoms with van der Waals surface area (Å²) in [5.41, 5.74) is 2.61. The van der Waals surface area contributed by atoms with Crippen molar-refractivity contribution < 1.29 is 19.1 Å². The van der Waals surface area contributed by atoms with Crippen LogP contribution in [0.2, 0.25) is 5.02 Å². The monoisotopic (exact) mass is 376 g/mol. The van der Waals surface area contributed by atoms with Crippen LogP contribution >= 0.6 is 11.6 Å². The summed E-state index contributed by atoms with van der Waals surface area (Å²) in [6.07, 6.45) is 0.243. The number of carbonyl (C=O) groups is 2. The van der Waals surface area contributed by atoms with Gasteiger partial charge in [0.1, 0.15) is 5.75 Å². The molecule has 0 aliphatic heterocycles. The molecule has 0 atom stereocenters. The second-order valence-corrected chi connectivity index (χ2v) is 6.01. The van der Waals surface area contributed by atoms with Crippen LogP contribution in [0, 0.1) is 6.92 Å². The second kappa shape index (κ2) is 9.10. The molecule has 0 saturated heterocycles. The van der Waals surface area contributed by atoms with E-state index in [9.17, 15) is 9.59 Å². The van der Waals surface area contributed by atoms with Crippen LogP contribution in [-0.4, -0.2) is 32.6 Å². The highest BCUT2D eigenvalue weighted by Gasteiger charge is 2.11. The van der Waals surface area contributed by atoms with Crippen LogP contribution in [0.4, 0.5) is 11.4 Å². The van der Waals surface area contributed by atoms with Gasteiger partial charge in [-0.3, -0.25) is 4.79 Å². The van der Waals surface area contributed by atoms with Gasteiger partial charge in [0.05, 0.1) is 25.5 Å². The largest absolute Gasteiger partial charge is 0.495 e. The molecule has 0 radical (unpaired) electrons. The van der Waals surface area contributed by atoms with Gasteiger partial charge >= 0.3 is 5.97 Å². The molecule has 1 amide bonds. The summed E-state index contributed by atoms with van der Waals surface area (Å²) >= 11 is 6.06. The molecule has 2 aromatic rings. The first kappa shape index (κ1) is 19.6. The molecule has 7 heteroatoms. The molecule has 0 aliphatic carbocycles. The zero-order chi connectivity index (χ0) is 19.1. The maximum absolute atomic E-state index is 12.2. The number of carbonyl (C=O) groups excluding carboxylic acids is 2. The number of nitrogens with one attached hydrogen (secondary N) is 2. The van der Waals surface area contributed by atoms with E-state index in [-0.39, 0.29) is 12.3 Å². The van der Waals surface area contributed by atoms with Crippen LogP contribution in [0.3, 0.4) is 0 Å². The maximum atomic E-state index is 12.2. The normalized spacial score (nSPS) is 10.2. The number of hydrogen-bond acceptors (Lipinski definition) is 5. The Hall–Kier alpha value is -2.73. The van der Waals surface area contributed by atoms with Crippen LogP contribution < -0.4 is 15.4 Å². The predicted molar refractivity (Wildman–Crippen MR) is 102 cm³/mol. The fraction of sp³-hybridized carbons (Fsp3) is 0.263. The maximum Gasteiger partial charge on any atom is 0.337 e. The topological polar surface area (TPSA) is 76.7 Å². The first-order valence-corrected chi connectivity index (χ1v) is 8.38. The number of anilines is 2. The highest BCUT2D eigenvalue weighted by molar-refractivity contribution is 6.31. The third-order valence-electron chi connectivity index (χ3n) is 3.72. The van der Waals surface area contributed by atoms with Gasteiger partial charge in [-0.25, -0.2) is 4.79 Å². The van der Waals surface area contributed by atoms with Crippen molar-refractivity contribution >= 4 is 34.9 Å². The van der Waals surface area contributed by atoms with Gasteiger partial charge in [0.2, 0.25) is 5.91 Å². The summed E-state index contributed by atoms with van der Waals surface area (Å²) in [6, 6.07) is 10.3. The zero-order valence-corrected chi connectivity index (χ0v) is 15.6. The summed E-state index contributed by atoms with van der Waals surface area (Å²) in [7, 11) is 2.85. The highest BCUT2D eigenvalue weighted by Crippen LogP contribution is 2.30. The molecule has 6 nitrogen and oxygen atoms in total. The van der Waals surface area contributed by atoms with E-state index in [1.54, 1.807) is 30.3 Å². The van der Waals surface area contributed by atoms with Crippen molar-refractivity contribution in [1.82, 2.24) is 0 Å².